The highest BCUT2D eigenvalue weighted by Gasteiger charge is 2.24. The maximum absolute atomic E-state index is 10.9. The van der Waals surface area contributed by atoms with E-state index in [2.05, 4.69) is 18.8 Å². The zero-order valence-corrected chi connectivity index (χ0v) is 11.0. The van der Waals surface area contributed by atoms with Crippen LogP contribution in [0.5, 0.6) is 0 Å². The predicted molar refractivity (Wildman–Crippen MR) is 70.8 cm³/mol. The maximum Gasteiger partial charge on any atom is 0.234 e. The molecule has 0 fully saturated rings. The van der Waals surface area contributed by atoms with Crippen LogP contribution in [0.1, 0.15) is 25.8 Å². The van der Waals surface area contributed by atoms with E-state index in [1.807, 2.05) is 12.1 Å². The largest absolute Gasteiger partial charge is 0.368 e. The number of carbonyl (C=O) groups is 1. The summed E-state index contributed by atoms with van der Waals surface area (Å²) in [5.41, 5.74) is 12.0. The van der Waals surface area contributed by atoms with Gasteiger partial charge < -0.3 is 11.5 Å². The van der Waals surface area contributed by atoms with Gasteiger partial charge in [0.1, 0.15) is 0 Å². The summed E-state index contributed by atoms with van der Waals surface area (Å²) in [5, 5.41) is 0. The Morgan fingerprint density at radius 1 is 1.41 bits per heavy atom. The van der Waals surface area contributed by atoms with Crippen molar-refractivity contribution in [1.82, 2.24) is 4.98 Å². The van der Waals surface area contributed by atoms with Gasteiger partial charge in [-0.1, -0.05) is 13.8 Å². The molecule has 0 spiro atoms. The fourth-order valence-corrected chi connectivity index (χ4v) is 1.82. The first-order valence-electron chi connectivity index (χ1n) is 5.34. The molecule has 1 amide bonds. The maximum atomic E-state index is 10.9. The number of aromatic nitrogens is 1. The number of rotatable bonds is 5. The lowest BCUT2D eigenvalue weighted by Gasteiger charge is -2.26. The van der Waals surface area contributed by atoms with Gasteiger partial charge in [-0.05, 0) is 36.0 Å². The monoisotopic (exact) mass is 257 g/mol. The summed E-state index contributed by atoms with van der Waals surface area (Å²) in [7, 11) is 0. The molecular formula is C12H20ClN3O. The Kier molecular flexibility index (Phi) is 6.13. The third-order valence-electron chi connectivity index (χ3n) is 2.57. The first-order valence-corrected chi connectivity index (χ1v) is 5.34. The summed E-state index contributed by atoms with van der Waals surface area (Å²) >= 11 is 0. The van der Waals surface area contributed by atoms with Crippen LogP contribution in [-0.4, -0.2) is 16.9 Å². The minimum absolute atomic E-state index is 0. The Labute approximate surface area is 108 Å². The van der Waals surface area contributed by atoms with Crippen LogP contribution in [0, 0.1) is 5.41 Å². The molecule has 4 nitrogen and oxygen atoms in total. The molecule has 96 valence electrons. The van der Waals surface area contributed by atoms with Crippen molar-refractivity contribution in [3.8, 4) is 0 Å². The number of nitrogens with two attached hydrogens (primary N) is 2. The zero-order valence-electron chi connectivity index (χ0n) is 10.2. The SMILES string of the molecule is CC(C)(Cc1ccncc1)C[C@H](N)C(N)=O.Cl. The highest BCUT2D eigenvalue weighted by atomic mass is 35.5. The summed E-state index contributed by atoms with van der Waals surface area (Å²) in [4.78, 5) is 14.9. The molecule has 0 bridgehead atoms. The minimum Gasteiger partial charge on any atom is -0.368 e. The molecule has 0 aliphatic carbocycles. The smallest absolute Gasteiger partial charge is 0.234 e. The van der Waals surface area contributed by atoms with Gasteiger partial charge in [0.15, 0.2) is 0 Å². The molecule has 1 aromatic rings. The number of pyridine rings is 1. The number of nitrogens with zero attached hydrogens (tertiary/aromatic N) is 1. The fraction of sp³-hybridized carbons (Fsp3) is 0.500. The summed E-state index contributed by atoms with van der Waals surface area (Å²) < 4.78 is 0. The standard InChI is InChI=1S/C12H19N3O.ClH/c1-12(2,8-10(13)11(14)16)7-9-3-5-15-6-4-9;/h3-6,10H,7-8,13H2,1-2H3,(H2,14,16);1H/t10-;/m0./s1. The van der Waals surface area contributed by atoms with Gasteiger partial charge in [-0.3, -0.25) is 9.78 Å². The summed E-state index contributed by atoms with van der Waals surface area (Å²) in [6.07, 6.45) is 4.97. The van der Waals surface area contributed by atoms with Crippen molar-refractivity contribution in [2.45, 2.75) is 32.7 Å². The second-order valence-corrected chi connectivity index (χ2v) is 4.91. The average molecular weight is 258 g/mol. The zero-order chi connectivity index (χ0) is 12.2. The predicted octanol–water partition coefficient (Wildman–Crippen LogP) is 1.27. The van der Waals surface area contributed by atoms with Crippen LogP contribution >= 0.6 is 12.4 Å². The van der Waals surface area contributed by atoms with Crippen LogP contribution in [0.15, 0.2) is 24.5 Å². The second-order valence-electron chi connectivity index (χ2n) is 4.91. The lowest BCUT2D eigenvalue weighted by atomic mass is 9.80. The van der Waals surface area contributed by atoms with Gasteiger partial charge in [0.25, 0.3) is 0 Å². The van der Waals surface area contributed by atoms with E-state index >= 15 is 0 Å². The first kappa shape index (κ1) is 15.9. The van der Waals surface area contributed by atoms with Crippen molar-refractivity contribution in [2.24, 2.45) is 16.9 Å². The van der Waals surface area contributed by atoms with Crippen LogP contribution in [0.25, 0.3) is 0 Å². The van der Waals surface area contributed by atoms with Crippen molar-refractivity contribution >= 4 is 18.3 Å². The van der Waals surface area contributed by atoms with E-state index < -0.39 is 11.9 Å². The van der Waals surface area contributed by atoms with E-state index in [9.17, 15) is 4.79 Å². The van der Waals surface area contributed by atoms with Crippen molar-refractivity contribution in [1.29, 1.82) is 0 Å². The number of hydrogen-bond acceptors (Lipinski definition) is 3. The molecule has 0 radical (unpaired) electrons. The molecule has 17 heavy (non-hydrogen) atoms. The molecule has 5 heteroatoms. The molecule has 4 N–H and O–H groups in total. The molecule has 0 aromatic carbocycles. The fourth-order valence-electron chi connectivity index (χ4n) is 1.82. The highest BCUT2D eigenvalue weighted by Crippen LogP contribution is 2.26. The Bertz CT molecular complexity index is 354. The number of halogens is 1. The molecule has 0 aliphatic rings. The van der Waals surface area contributed by atoms with E-state index in [4.69, 9.17) is 11.5 Å². The molecular weight excluding hydrogens is 238 g/mol. The van der Waals surface area contributed by atoms with Crippen molar-refractivity contribution in [3.63, 3.8) is 0 Å². The van der Waals surface area contributed by atoms with E-state index in [-0.39, 0.29) is 17.8 Å². The lowest BCUT2D eigenvalue weighted by molar-refractivity contribution is -0.119. The average Bonchev–Trinajstić information content (AvgIpc) is 2.17. The van der Waals surface area contributed by atoms with Crippen LogP contribution in [0.4, 0.5) is 0 Å². The third-order valence-corrected chi connectivity index (χ3v) is 2.57. The van der Waals surface area contributed by atoms with Gasteiger partial charge in [-0.2, -0.15) is 0 Å². The third kappa shape index (κ3) is 5.65. The summed E-state index contributed by atoms with van der Waals surface area (Å²) in [5.74, 6) is -0.442. The Morgan fingerprint density at radius 3 is 2.41 bits per heavy atom. The highest BCUT2D eigenvalue weighted by molar-refractivity contribution is 5.85. The van der Waals surface area contributed by atoms with Gasteiger partial charge in [0, 0.05) is 12.4 Å². The second kappa shape index (κ2) is 6.57. The Hall–Kier alpha value is -1.13. The van der Waals surface area contributed by atoms with E-state index in [1.54, 1.807) is 12.4 Å². The minimum atomic E-state index is -0.572. The first-order chi connectivity index (χ1) is 7.41. The van der Waals surface area contributed by atoms with Crippen LogP contribution in [-0.2, 0) is 11.2 Å². The van der Waals surface area contributed by atoms with Gasteiger partial charge in [0.2, 0.25) is 5.91 Å². The lowest BCUT2D eigenvalue weighted by Crippen LogP contribution is -2.40. The van der Waals surface area contributed by atoms with Crippen LogP contribution in [0.3, 0.4) is 0 Å². The Balaban J connectivity index is 0.00000256. The van der Waals surface area contributed by atoms with Gasteiger partial charge in [-0.25, -0.2) is 0 Å². The van der Waals surface area contributed by atoms with Gasteiger partial charge in [-0.15, -0.1) is 12.4 Å². The van der Waals surface area contributed by atoms with Crippen molar-refractivity contribution in [2.75, 3.05) is 0 Å². The summed E-state index contributed by atoms with van der Waals surface area (Å²) in [6.45, 7) is 4.16. The molecule has 0 aliphatic heterocycles. The molecule has 1 aromatic heterocycles. The molecule has 0 saturated heterocycles. The number of carbonyl (C=O) groups excluding carboxylic acids is 1. The molecule has 0 saturated carbocycles. The topological polar surface area (TPSA) is 82.0 Å². The van der Waals surface area contributed by atoms with Crippen molar-refractivity contribution < 1.29 is 4.79 Å². The van der Waals surface area contributed by atoms with Crippen LogP contribution < -0.4 is 11.5 Å². The number of primary amides is 1. The number of amides is 1. The quantitative estimate of drug-likeness (QED) is 0.834. The van der Waals surface area contributed by atoms with Gasteiger partial charge in [0.05, 0.1) is 6.04 Å². The molecule has 1 rings (SSSR count). The summed E-state index contributed by atoms with van der Waals surface area (Å²) in [6, 6.07) is 3.37. The number of hydrogen-bond donors (Lipinski definition) is 2. The van der Waals surface area contributed by atoms with E-state index in [0.29, 0.717) is 6.42 Å². The van der Waals surface area contributed by atoms with E-state index in [1.165, 1.54) is 5.56 Å². The van der Waals surface area contributed by atoms with Gasteiger partial charge >= 0.3 is 0 Å². The molecule has 1 atom stereocenters. The molecule has 1 heterocycles. The Morgan fingerprint density at radius 2 is 1.94 bits per heavy atom. The molecule has 0 unspecified atom stereocenters. The van der Waals surface area contributed by atoms with Crippen molar-refractivity contribution in [3.05, 3.63) is 30.1 Å². The van der Waals surface area contributed by atoms with Crippen LogP contribution in [0.2, 0.25) is 0 Å². The normalized spacial score (nSPS) is 12.6. The van der Waals surface area contributed by atoms with E-state index in [0.717, 1.165) is 6.42 Å².